The van der Waals surface area contributed by atoms with E-state index in [4.69, 9.17) is 15.2 Å². The lowest BCUT2D eigenvalue weighted by Gasteiger charge is -2.28. The van der Waals surface area contributed by atoms with Gasteiger partial charge in [-0.2, -0.15) is 0 Å². The van der Waals surface area contributed by atoms with E-state index >= 15 is 0 Å². The maximum absolute atomic E-state index is 13.9. The fraction of sp³-hybridized carbons (Fsp3) is 0.826. The Morgan fingerprint density at radius 2 is 0.962 bits per heavy atom. The molecule has 3 atom stereocenters. The second-order valence-electron chi connectivity index (χ2n) is 16.2. The first-order valence-electron chi connectivity index (χ1n) is 22.3. The SMILES string of the molecule is CCCCCCCCCCCCCCCCC1=C(C(=O)OC)C2=C(C(=O)[C@H](C(=O)OC)[C@H]2CCCCCCCCCCCCCCCC)C(C(N)=O)C1. The molecule has 0 bridgehead atoms. The van der Waals surface area contributed by atoms with Crippen LogP contribution in [0.15, 0.2) is 22.3 Å². The van der Waals surface area contributed by atoms with Crippen LogP contribution in [0.1, 0.15) is 213 Å². The third-order valence-electron chi connectivity index (χ3n) is 11.9. The number of allylic oxidation sites excluding steroid dienone is 1. The number of primary amides is 1. The van der Waals surface area contributed by atoms with Crippen molar-refractivity contribution in [2.24, 2.45) is 23.5 Å². The number of hydrogen-bond donors (Lipinski definition) is 1. The van der Waals surface area contributed by atoms with Crippen LogP contribution in [0, 0.1) is 17.8 Å². The molecule has 53 heavy (non-hydrogen) atoms. The third kappa shape index (κ3) is 16.9. The van der Waals surface area contributed by atoms with Crippen molar-refractivity contribution in [1.82, 2.24) is 0 Å². The monoisotopic (exact) mass is 742 g/mol. The standard InChI is InChI=1S/C46H79NO6/c1-5-7-9-11-13-15-17-19-21-23-25-27-29-31-33-36-35-38(44(47)49)41-40(39(36)45(50)52-3)37(42(43(41)48)46(51)53-4)34-32-30-28-26-24-22-20-18-16-14-12-10-8-6-2/h37-38,42H,5-35H2,1-4H3,(H2,47,49)/t37-,38?,42+/m0/s1. The minimum absolute atomic E-state index is 0.224. The van der Waals surface area contributed by atoms with Crippen molar-refractivity contribution in [2.45, 2.75) is 213 Å². The molecule has 0 heterocycles. The molecule has 0 saturated carbocycles. The van der Waals surface area contributed by atoms with Crippen molar-refractivity contribution in [3.8, 4) is 0 Å². The first-order valence-corrected chi connectivity index (χ1v) is 22.3. The molecule has 2 aliphatic carbocycles. The van der Waals surface area contributed by atoms with Crippen LogP contribution in [-0.2, 0) is 28.7 Å². The predicted octanol–water partition coefficient (Wildman–Crippen LogP) is 12.0. The minimum Gasteiger partial charge on any atom is -0.468 e. The molecule has 7 heteroatoms. The number of ether oxygens (including phenoxy) is 2. The first-order chi connectivity index (χ1) is 25.8. The van der Waals surface area contributed by atoms with Crippen LogP contribution < -0.4 is 5.73 Å². The summed E-state index contributed by atoms with van der Waals surface area (Å²) in [6.07, 6.45) is 36.4. The Morgan fingerprint density at radius 3 is 1.34 bits per heavy atom. The average molecular weight is 742 g/mol. The van der Waals surface area contributed by atoms with Crippen LogP contribution in [0.2, 0.25) is 0 Å². The first kappa shape index (κ1) is 46.7. The lowest BCUT2D eigenvalue weighted by molar-refractivity contribution is -0.150. The number of esters is 2. The van der Waals surface area contributed by atoms with Gasteiger partial charge in [-0.1, -0.05) is 193 Å². The molecule has 0 aliphatic heterocycles. The van der Waals surface area contributed by atoms with E-state index in [0.717, 1.165) is 44.1 Å². The number of ketones is 1. The van der Waals surface area contributed by atoms with Crippen molar-refractivity contribution in [3.63, 3.8) is 0 Å². The number of Topliss-reactive ketones (excluding diaryl/α,β-unsaturated/α-hetero) is 1. The number of carbonyl (C=O) groups is 4. The number of methoxy groups -OCH3 is 2. The second-order valence-corrected chi connectivity index (χ2v) is 16.2. The van der Waals surface area contributed by atoms with E-state index in [1.807, 2.05) is 0 Å². The normalized spacial score (nSPS) is 18.5. The summed E-state index contributed by atoms with van der Waals surface area (Å²) in [6.45, 7) is 4.52. The average Bonchev–Trinajstić information content (AvgIpc) is 3.44. The van der Waals surface area contributed by atoms with Crippen LogP contribution >= 0.6 is 0 Å². The van der Waals surface area contributed by atoms with Gasteiger partial charge in [0, 0.05) is 11.5 Å². The van der Waals surface area contributed by atoms with Crippen molar-refractivity contribution in [2.75, 3.05) is 14.2 Å². The number of rotatable bonds is 33. The zero-order valence-corrected chi connectivity index (χ0v) is 34.7. The molecule has 0 radical (unpaired) electrons. The molecule has 1 amide bonds. The van der Waals surface area contributed by atoms with Crippen molar-refractivity contribution in [1.29, 1.82) is 0 Å². The summed E-state index contributed by atoms with van der Waals surface area (Å²) in [5.41, 5.74) is 7.95. The van der Waals surface area contributed by atoms with E-state index in [-0.39, 0.29) is 12.0 Å². The van der Waals surface area contributed by atoms with Gasteiger partial charge in [-0.25, -0.2) is 4.79 Å². The van der Waals surface area contributed by atoms with E-state index in [1.54, 1.807) is 0 Å². The Labute approximate surface area is 324 Å². The Bertz CT molecular complexity index is 1140. The lowest BCUT2D eigenvalue weighted by atomic mass is 9.75. The summed E-state index contributed by atoms with van der Waals surface area (Å²) in [7, 11) is 2.65. The largest absolute Gasteiger partial charge is 0.468 e. The molecule has 0 spiro atoms. The van der Waals surface area contributed by atoms with Crippen LogP contribution in [-0.4, -0.2) is 37.8 Å². The molecule has 2 aliphatic rings. The van der Waals surface area contributed by atoms with Crippen LogP contribution in [0.5, 0.6) is 0 Å². The van der Waals surface area contributed by atoms with Gasteiger partial charge in [0.25, 0.3) is 0 Å². The maximum atomic E-state index is 13.9. The van der Waals surface area contributed by atoms with Crippen LogP contribution in [0.25, 0.3) is 0 Å². The number of unbranched alkanes of at least 4 members (excludes halogenated alkanes) is 26. The summed E-state index contributed by atoms with van der Waals surface area (Å²) in [4.78, 5) is 53.4. The van der Waals surface area contributed by atoms with Crippen LogP contribution in [0.3, 0.4) is 0 Å². The van der Waals surface area contributed by atoms with E-state index in [0.29, 0.717) is 24.0 Å². The molecule has 0 aromatic heterocycles. The van der Waals surface area contributed by atoms with Gasteiger partial charge in [-0.3, -0.25) is 14.4 Å². The molecule has 0 aromatic carbocycles. The minimum atomic E-state index is -1.06. The van der Waals surface area contributed by atoms with Gasteiger partial charge in [0.2, 0.25) is 5.91 Å². The predicted molar refractivity (Wildman–Crippen MR) is 217 cm³/mol. The fourth-order valence-electron chi connectivity index (χ4n) is 8.80. The molecule has 1 unspecified atom stereocenters. The zero-order valence-electron chi connectivity index (χ0n) is 34.7. The zero-order chi connectivity index (χ0) is 38.7. The van der Waals surface area contributed by atoms with Gasteiger partial charge in [0.1, 0.15) is 5.92 Å². The van der Waals surface area contributed by atoms with Gasteiger partial charge in [0.15, 0.2) is 5.78 Å². The van der Waals surface area contributed by atoms with Crippen molar-refractivity contribution < 1.29 is 28.7 Å². The molecule has 2 N–H and O–H groups in total. The Balaban J connectivity index is 1.96. The highest BCUT2D eigenvalue weighted by molar-refractivity contribution is 6.17. The van der Waals surface area contributed by atoms with Crippen LogP contribution in [0.4, 0.5) is 0 Å². The summed E-state index contributed by atoms with van der Waals surface area (Å²) < 4.78 is 10.4. The Hall–Kier alpha value is -2.44. The fourth-order valence-corrected chi connectivity index (χ4v) is 8.80. The van der Waals surface area contributed by atoms with Gasteiger partial charge in [-0.05, 0) is 31.3 Å². The van der Waals surface area contributed by atoms with Crippen molar-refractivity contribution in [3.05, 3.63) is 22.3 Å². The Kier molecular flexibility index (Phi) is 25.5. The summed E-state index contributed by atoms with van der Waals surface area (Å²) in [5, 5.41) is 0. The van der Waals surface area contributed by atoms with Gasteiger partial charge in [-0.15, -0.1) is 0 Å². The molecule has 304 valence electrons. The Morgan fingerprint density at radius 1 is 0.566 bits per heavy atom. The highest BCUT2D eigenvalue weighted by Gasteiger charge is 2.53. The van der Waals surface area contributed by atoms with Gasteiger partial charge < -0.3 is 15.2 Å². The molecule has 0 saturated heterocycles. The summed E-state index contributed by atoms with van der Waals surface area (Å²) in [5.74, 6) is -4.54. The number of carbonyl (C=O) groups excluding carboxylic acids is 4. The highest BCUT2D eigenvalue weighted by Crippen LogP contribution is 2.50. The van der Waals surface area contributed by atoms with Gasteiger partial charge in [0.05, 0.1) is 25.7 Å². The van der Waals surface area contributed by atoms with E-state index in [1.165, 1.54) is 155 Å². The van der Waals surface area contributed by atoms with E-state index in [9.17, 15) is 19.2 Å². The quantitative estimate of drug-likeness (QED) is 0.0407. The number of amides is 1. The molecular weight excluding hydrogens is 663 g/mol. The molecule has 0 aromatic rings. The molecule has 2 rings (SSSR count). The van der Waals surface area contributed by atoms with E-state index < -0.39 is 41.4 Å². The molecule has 7 nitrogen and oxygen atoms in total. The molecular formula is C46H79NO6. The highest BCUT2D eigenvalue weighted by atomic mass is 16.5. The second kappa shape index (κ2) is 28.9. The van der Waals surface area contributed by atoms with Gasteiger partial charge >= 0.3 is 11.9 Å². The number of nitrogens with two attached hydrogens (primary N) is 1. The topological polar surface area (TPSA) is 113 Å². The molecule has 0 fully saturated rings. The smallest absolute Gasteiger partial charge is 0.338 e. The lowest BCUT2D eigenvalue weighted by Crippen LogP contribution is -2.33. The summed E-state index contributed by atoms with van der Waals surface area (Å²) in [6, 6.07) is 0. The third-order valence-corrected chi connectivity index (χ3v) is 11.9. The summed E-state index contributed by atoms with van der Waals surface area (Å²) >= 11 is 0. The maximum Gasteiger partial charge on any atom is 0.338 e. The van der Waals surface area contributed by atoms with E-state index in [2.05, 4.69) is 13.8 Å². The van der Waals surface area contributed by atoms with Crippen molar-refractivity contribution >= 4 is 23.6 Å². The number of hydrogen-bond acceptors (Lipinski definition) is 6.